The number of nitrogen functional groups attached to an aromatic ring is 1. The Morgan fingerprint density at radius 3 is 2.84 bits per heavy atom. The predicted octanol–water partition coefficient (Wildman–Crippen LogP) is -0.651. The summed E-state index contributed by atoms with van der Waals surface area (Å²) >= 11 is 2.41. The minimum absolute atomic E-state index is 0.169. The number of hydrogen-bond acceptors (Lipinski definition) is 9. The van der Waals surface area contributed by atoms with Crippen LogP contribution in [-0.2, 0) is 19.1 Å². The number of aliphatic carboxylic acids is 1. The van der Waals surface area contributed by atoms with Gasteiger partial charge in [-0.2, -0.15) is 0 Å². The molecule has 132 valence electrons. The van der Waals surface area contributed by atoms with Gasteiger partial charge in [0.15, 0.2) is 10.0 Å². The highest BCUT2D eigenvalue weighted by Gasteiger charge is 2.65. The van der Waals surface area contributed by atoms with E-state index >= 15 is 0 Å². The molecule has 3 aliphatic heterocycles. The van der Waals surface area contributed by atoms with Crippen molar-refractivity contribution in [1.29, 1.82) is 0 Å². The lowest BCUT2D eigenvalue weighted by Gasteiger charge is -2.49. The third-order valence-electron chi connectivity index (χ3n) is 4.36. The van der Waals surface area contributed by atoms with Gasteiger partial charge in [0.1, 0.15) is 23.9 Å². The molecule has 1 aromatic rings. The van der Waals surface area contributed by atoms with Crippen LogP contribution in [0.15, 0.2) is 15.8 Å². The van der Waals surface area contributed by atoms with Crippen molar-refractivity contribution in [2.24, 2.45) is 0 Å². The zero-order valence-corrected chi connectivity index (χ0v) is 14.5. The summed E-state index contributed by atoms with van der Waals surface area (Å²) in [7, 11) is 0. The number of anilines is 1. The fraction of sp³-hybridized carbons (Fsp3) is 0.462. The van der Waals surface area contributed by atoms with E-state index in [-0.39, 0.29) is 35.6 Å². The SMILES string of the molecule is CC(=O)N1C[C@H]2OC(CSc3nnc(N)s3)=C(C(=O)O)N3C(=O)[C@@H]1[C@@H]23. The molecular weight excluding hydrogens is 370 g/mol. The van der Waals surface area contributed by atoms with Crippen LogP contribution in [0.3, 0.4) is 0 Å². The molecule has 2 amide bonds. The number of hydrogen-bond donors (Lipinski definition) is 2. The third-order valence-corrected chi connectivity index (χ3v) is 6.25. The molecule has 10 nitrogen and oxygen atoms in total. The van der Waals surface area contributed by atoms with Crippen LogP contribution in [0.4, 0.5) is 5.13 Å². The van der Waals surface area contributed by atoms with Gasteiger partial charge in [0.2, 0.25) is 11.0 Å². The largest absolute Gasteiger partial charge is 0.487 e. The number of likely N-dealkylation sites (tertiary alicyclic amines) is 1. The van der Waals surface area contributed by atoms with Crippen molar-refractivity contribution < 1.29 is 24.2 Å². The summed E-state index contributed by atoms with van der Waals surface area (Å²) in [5.41, 5.74) is 5.36. The number of amides is 2. The van der Waals surface area contributed by atoms with Crippen LogP contribution in [0.2, 0.25) is 0 Å². The van der Waals surface area contributed by atoms with Gasteiger partial charge in [0.05, 0.1) is 12.3 Å². The number of carbonyl (C=O) groups excluding carboxylic acids is 2. The number of carboxylic acid groups (broad SMARTS) is 1. The topological polar surface area (TPSA) is 139 Å². The molecule has 3 atom stereocenters. The van der Waals surface area contributed by atoms with Crippen molar-refractivity contribution in [3.63, 3.8) is 0 Å². The summed E-state index contributed by atoms with van der Waals surface area (Å²) in [4.78, 5) is 38.5. The lowest BCUT2D eigenvalue weighted by molar-refractivity contribution is -0.163. The summed E-state index contributed by atoms with van der Waals surface area (Å²) in [5, 5.41) is 17.4. The Morgan fingerprint density at radius 2 is 2.24 bits per heavy atom. The average Bonchev–Trinajstić information content (AvgIpc) is 3.12. The quantitative estimate of drug-likeness (QED) is 0.513. The molecule has 0 aromatic carbocycles. The van der Waals surface area contributed by atoms with E-state index in [2.05, 4.69) is 10.2 Å². The summed E-state index contributed by atoms with van der Waals surface area (Å²) in [5.74, 6) is -1.49. The Kier molecular flexibility index (Phi) is 3.61. The van der Waals surface area contributed by atoms with E-state index in [0.717, 1.165) is 0 Å². The van der Waals surface area contributed by atoms with Crippen molar-refractivity contribution in [3.8, 4) is 0 Å². The first kappa shape index (κ1) is 16.1. The summed E-state index contributed by atoms with van der Waals surface area (Å²) in [6.45, 7) is 1.65. The Morgan fingerprint density at radius 1 is 1.48 bits per heavy atom. The number of nitrogens with zero attached hydrogens (tertiary/aromatic N) is 4. The molecule has 2 saturated heterocycles. The van der Waals surface area contributed by atoms with Gasteiger partial charge in [-0.25, -0.2) is 4.79 Å². The molecule has 0 unspecified atom stereocenters. The van der Waals surface area contributed by atoms with Crippen molar-refractivity contribution >= 4 is 46.0 Å². The normalized spacial score (nSPS) is 27.1. The molecule has 0 bridgehead atoms. The zero-order valence-electron chi connectivity index (χ0n) is 12.9. The molecule has 25 heavy (non-hydrogen) atoms. The van der Waals surface area contributed by atoms with Crippen LogP contribution < -0.4 is 5.73 Å². The lowest BCUT2D eigenvalue weighted by atomic mass is 9.91. The Hall–Kier alpha value is -2.34. The van der Waals surface area contributed by atoms with E-state index in [9.17, 15) is 19.5 Å². The number of carboxylic acids is 1. The maximum atomic E-state index is 12.4. The van der Waals surface area contributed by atoms with E-state index in [0.29, 0.717) is 9.47 Å². The molecule has 2 fully saturated rings. The molecule has 0 radical (unpaired) electrons. The summed E-state index contributed by atoms with van der Waals surface area (Å²) < 4.78 is 6.43. The highest BCUT2D eigenvalue weighted by atomic mass is 32.2. The molecule has 0 spiro atoms. The molecule has 4 heterocycles. The van der Waals surface area contributed by atoms with Gasteiger partial charge in [-0.05, 0) is 0 Å². The first-order chi connectivity index (χ1) is 11.9. The smallest absolute Gasteiger partial charge is 0.356 e. The number of aromatic nitrogens is 2. The van der Waals surface area contributed by atoms with Gasteiger partial charge in [0.25, 0.3) is 5.91 Å². The highest BCUT2D eigenvalue weighted by molar-refractivity contribution is 8.01. The number of rotatable bonds is 4. The Bertz CT molecular complexity index is 823. The van der Waals surface area contributed by atoms with Crippen molar-refractivity contribution in [2.45, 2.75) is 29.5 Å². The minimum Gasteiger partial charge on any atom is -0.487 e. The van der Waals surface area contributed by atoms with E-state index < -0.39 is 24.2 Å². The molecular formula is C13H13N5O5S2. The maximum absolute atomic E-state index is 12.4. The second-order valence-electron chi connectivity index (χ2n) is 5.74. The van der Waals surface area contributed by atoms with Gasteiger partial charge in [-0.1, -0.05) is 23.1 Å². The average molecular weight is 383 g/mol. The fourth-order valence-corrected chi connectivity index (χ4v) is 4.96. The van der Waals surface area contributed by atoms with E-state index in [4.69, 9.17) is 10.5 Å². The highest BCUT2D eigenvalue weighted by Crippen LogP contribution is 2.44. The van der Waals surface area contributed by atoms with Gasteiger partial charge in [-0.15, -0.1) is 10.2 Å². The number of β-lactam (4-membered cyclic amide) rings is 1. The fourth-order valence-electron chi connectivity index (χ4n) is 3.39. The van der Waals surface area contributed by atoms with Gasteiger partial charge < -0.3 is 20.5 Å². The van der Waals surface area contributed by atoms with E-state index in [1.165, 1.54) is 39.8 Å². The van der Waals surface area contributed by atoms with Crippen molar-refractivity contribution in [2.75, 3.05) is 18.0 Å². The van der Waals surface area contributed by atoms with Crippen molar-refractivity contribution in [3.05, 3.63) is 11.5 Å². The van der Waals surface area contributed by atoms with Crippen LogP contribution in [0.1, 0.15) is 6.92 Å². The molecule has 3 aliphatic rings. The van der Waals surface area contributed by atoms with Crippen LogP contribution in [0.25, 0.3) is 0 Å². The van der Waals surface area contributed by atoms with Crippen LogP contribution in [-0.4, -0.2) is 73.4 Å². The molecule has 3 N–H and O–H groups in total. The van der Waals surface area contributed by atoms with Crippen molar-refractivity contribution in [1.82, 2.24) is 20.0 Å². The van der Waals surface area contributed by atoms with Gasteiger partial charge >= 0.3 is 5.97 Å². The van der Waals surface area contributed by atoms with Gasteiger partial charge in [-0.3, -0.25) is 14.5 Å². The minimum atomic E-state index is -1.24. The zero-order chi connectivity index (χ0) is 17.9. The van der Waals surface area contributed by atoms with E-state index in [1.54, 1.807) is 0 Å². The number of ether oxygens (including phenoxy) is 1. The molecule has 4 rings (SSSR count). The third kappa shape index (κ3) is 2.35. The van der Waals surface area contributed by atoms with Crippen LogP contribution in [0, 0.1) is 0 Å². The van der Waals surface area contributed by atoms with E-state index in [1.807, 2.05) is 0 Å². The van der Waals surface area contributed by atoms with Crippen LogP contribution >= 0.6 is 23.1 Å². The van der Waals surface area contributed by atoms with Crippen LogP contribution in [0.5, 0.6) is 0 Å². The second kappa shape index (κ2) is 5.59. The lowest BCUT2D eigenvalue weighted by Crippen LogP contribution is -2.70. The Labute approximate surface area is 149 Å². The molecule has 12 heteroatoms. The first-order valence-corrected chi connectivity index (χ1v) is 9.14. The Balaban J connectivity index is 1.62. The number of carbonyl (C=O) groups is 3. The number of nitrogens with two attached hydrogens (primary N) is 1. The summed E-state index contributed by atoms with van der Waals surface area (Å²) in [6.07, 6.45) is -0.426. The summed E-state index contributed by atoms with van der Waals surface area (Å²) in [6, 6.07) is -1.07. The number of thioether (sulfide) groups is 1. The standard InChI is InChI=1S/C13H13N5O5S2/c1-4(19)17-2-5-7-9(17)10(20)18(7)8(11(21)22)6(23-5)3-24-13-16-15-12(14)25-13/h5,7,9H,2-3H2,1H3,(H2,14,15)(H,21,22)/t5-,7-,9+/m1/s1. The molecule has 0 saturated carbocycles. The monoisotopic (exact) mass is 383 g/mol. The molecule has 0 aliphatic carbocycles. The molecule has 1 aromatic heterocycles. The maximum Gasteiger partial charge on any atom is 0.356 e. The van der Waals surface area contributed by atoms with Gasteiger partial charge in [0, 0.05) is 6.92 Å². The second-order valence-corrected chi connectivity index (χ2v) is 7.97. The first-order valence-electron chi connectivity index (χ1n) is 7.33. The predicted molar refractivity (Wildman–Crippen MR) is 86.4 cm³/mol.